The minimum atomic E-state index is 0.208. The van der Waals surface area contributed by atoms with Gasteiger partial charge in [-0.1, -0.05) is 0 Å². The molecule has 0 radical (unpaired) electrons. The van der Waals surface area contributed by atoms with Crippen LogP contribution in [0.3, 0.4) is 0 Å². The zero-order chi connectivity index (χ0) is 7.40. The van der Waals surface area contributed by atoms with Gasteiger partial charge in [-0.15, -0.1) is 0 Å². The maximum Gasteiger partial charge on any atom is 0.282 e. The molecule has 1 atom stereocenters. The van der Waals surface area contributed by atoms with Crippen LogP contribution in [0.4, 0.5) is 0 Å². The van der Waals surface area contributed by atoms with Gasteiger partial charge in [0.25, 0.3) is 6.02 Å². The van der Waals surface area contributed by atoms with Gasteiger partial charge in [-0.25, -0.2) is 4.99 Å². The van der Waals surface area contributed by atoms with Crippen LogP contribution >= 0.6 is 0 Å². The maximum atomic E-state index is 5.28. The molecule has 0 spiro atoms. The number of hydrogen-bond acceptors (Lipinski definition) is 4. The van der Waals surface area contributed by atoms with Gasteiger partial charge in [0.15, 0.2) is 0 Å². The first-order chi connectivity index (χ1) is 4.83. The molecule has 4 nitrogen and oxygen atoms in total. The molecule has 0 bridgehead atoms. The Bertz CT molecular complexity index is 136. The van der Waals surface area contributed by atoms with Gasteiger partial charge in [0.05, 0.1) is 6.04 Å². The van der Waals surface area contributed by atoms with Gasteiger partial charge in [-0.05, 0) is 6.42 Å². The topological polar surface area (TPSA) is 56.8 Å². The molecule has 2 N–H and O–H groups in total. The van der Waals surface area contributed by atoms with E-state index in [4.69, 9.17) is 15.2 Å². The van der Waals surface area contributed by atoms with E-state index in [-0.39, 0.29) is 6.04 Å². The van der Waals surface area contributed by atoms with Crippen molar-refractivity contribution in [2.75, 3.05) is 20.3 Å². The molecule has 1 unspecified atom stereocenters. The summed E-state index contributed by atoms with van der Waals surface area (Å²) in [4.78, 5) is 4.02. The Morgan fingerprint density at radius 2 is 2.70 bits per heavy atom. The molecule has 0 aromatic carbocycles. The Kier molecular flexibility index (Phi) is 2.50. The molecule has 58 valence electrons. The van der Waals surface area contributed by atoms with Crippen LogP contribution in [-0.4, -0.2) is 32.4 Å². The maximum absolute atomic E-state index is 5.28. The van der Waals surface area contributed by atoms with E-state index in [9.17, 15) is 0 Å². The van der Waals surface area contributed by atoms with Crippen LogP contribution < -0.4 is 5.73 Å². The van der Waals surface area contributed by atoms with Gasteiger partial charge in [0.1, 0.15) is 6.61 Å². The highest BCUT2D eigenvalue weighted by Crippen LogP contribution is 2.05. The van der Waals surface area contributed by atoms with Crippen molar-refractivity contribution in [3.05, 3.63) is 0 Å². The summed E-state index contributed by atoms with van der Waals surface area (Å²) in [7, 11) is 1.67. The molecule has 0 fully saturated rings. The molecule has 0 saturated heterocycles. The molecule has 1 rings (SSSR count). The third-order valence-corrected chi connectivity index (χ3v) is 1.39. The number of nitrogens with two attached hydrogens (primary N) is 1. The van der Waals surface area contributed by atoms with E-state index in [1.807, 2.05) is 0 Å². The zero-order valence-corrected chi connectivity index (χ0v) is 6.04. The highest BCUT2D eigenvalue weighted by molar-refractivity contribution is 5.72. The smallest absolute Gasteiger partial charge is 0.282 e. The summed E-state index contributed by atoms with van der Waals surface area (Å²) in [6.07, 6.45) is 0.886. The van der Waals surface area contributed by atoms with E-state index in [1.54, 1.807) is 7.11 Å². The lowest BCUT2D eigenvalue weighted by Gasteiger charge is -2.01. The third kappa shape index (κ3) is 1.88. The van der Waals surface area contributed by atoms with Gasteiger partial charge < -0.3 is 15.2 Å². The van der Waals surface area contributed by atoms with Gasteiger partial charge >= 0.3 is 0 Å². The molecule has 1 aliphatic rings. The fraction of sp³-hybridized carbons (Fsp3) is 0.833. The molecule has 0 aromatic heterocycles. The number of amidine groups is 1. The van der Waals surface area contributed by atoms with E-state index < -0.39 is 0 Å². The van der Waals surface area contributed by atoms with E-state index in [0.717, 1.165) is 6.42 Å². The Balaban J connectivity index is 2.18. The summed E-state index contributed by atoms with van der Waals surface area (Å²) in [5.74, 6) is 0. The van der Waals surface area contributed by atoms with Crippen LogP contribution in [0.5, 0.6) is 0 Å². The molecule has 1 heterocycles. The molecule has 0 saturated carbocycles. The molecular formula is C6H12N2O2. The van der Waals surface area contributed by atoms with Crippen molar-refractivity contribution < 1.29 is 9.47 Å². The number of ether oxygens (including phenoxy) is 2. The van der Waals surface area contributed by atoms with Gasteiger partial charge in [0.2, 0.25) is 0 Å². The second-order valence-electron chi connectivity index (χ2n) is 2.21. The summed E-state index contributed by atoms with van der Waals surface area (Å²) in [6.45, 7) is 1.32. The highest BCUT2D eigenvalue weighted by atomic mass is 16.5. The molecule has 4 heteroatoms. The lowest BCUT2D eigenvalue weighted by atomic mass is 10.2. The zero-order valence-electron chi connectivity index (χ0n) is 6.04. The van der Waals surface area contributed by atoms with Crippen molar-refractivity contribution in [3.63, 3.8) is 0 Å². The quantitative estimate of drug-likeness (QED) is 0.593. The van der Waals surface area contributed by atoms with Crippen LogP contribution in [0.1, 0.15) is 6.42 Å². The average Bonchev–Trinajstić information content (AvgIpc) is 2.31. The molecule has 1 aliphatic heterocycles. The largest absolute Gasteiger partial charge is 0.463 e. The molecular weight excluding hydrogens is 132 g/mol. The first-order valence-corrected chi connectivity index (χ1v) is 3.28. The molecule has 0 aromatic rings. The predicted octanol–water partition coefficient (Wildman–Crippen LogP) is -0.264. The minimum Gasteiger partial charge on any atom is -0.463 e. The average molecular weight is 144 g/mol. The van der Waals surface area contributed by atoms with Gasteiger partial charge in [-0.3, -0.25) is 0 Å². The van der Waals surface area contributed by atoms with Crippen LogP contribution in [0.15, 0.2) is 4.99 Å². The fourth-order valence-electron chi connectivity index (χ4n) is 0.838. The molecule has 0 amide bonds. The molecule has 0 aliphatic carbocycles. The van der Waals surface area contributed by atoms with Crippen molar-refractivity contribution in [2.24, 2.45) is 10.7 Å². The van der Waals surface area contributed by atoms with E-state index >= 15 is 0 Å². The second-order valence-corrected chi connectivity index (χ2v) is 2.21. The fourth-order valence-corrected chi connectivity index (χ4v) is 0.838. The Morgan fingerprint density at radius 3 is 3.20 bits per heavy atom. The standard InChI is InChI=1S/C6H12N2O2/c1-9-3-2-5-4-10-6(7)8-5/h5H,2-4H2,1H3,(H2,7,8). The lowest BCUT2D eigenvalue weighted by molar-refractivity contribution is 0.181. The van der Waals surface area contributed by atoms with Crippen molar-refractivity contribution in [1.82, 2.24) is 0 Å². The van der Waals surface area contributed by atoms with Crippen molar-refractivity contribution in [1.29, 1.82) is 0 Å². The van der Waals surface area contributed by atoms with Crippen LogP contribution in [0, 0.1) is 0 Å². The van der Waals surface area contributed by atoms with Gasteiger partial charge in [-0.2, -0.15) is 0 Å². The summed E-state index contributed by atoms with van der Waals surface area (Å²) in [5.41, 5.74) is 5.28. The minimum absolute atomic E-state index is 0.208. The van der Waals surface area contributed by atoms with E-state index in [2.05, 4.69) is 4.99 Å². The summed E-state index contributed by atoms with van der Waals surface area (Å²) in [5, 5.41) is 0. The van der Waals surface area contributed by atoms with E-state index in [0.29, 0.717) is 19.2 Å². The Morgan fingerprint density at radius 1 is 1.90 bits per heavy atom. The normalized spacial score (nSPS) is 24.1. The SMILES string of the molecule is COCCC1COC(N)=N1. The number of nitrogens with zero attached hydrogens (tertiary/aromatic N) is 1. The predicted molar refractivity (Wildman–Crippen MR) is 37.9 cm³/mol. The summed E-state index contributed by atoms with van der Waals surface area (Å²) < 4.78 is 9.81. The third-order valence-electron chi connectivity index (χ3n) is 1.39. The lowest BCUT2D eigenvalue weighted by Crippen LogP contribution is -2.10. The number of aliphatic imine (C=N–C) groups is 1. The van der Waals surface area contributed by atoms with Crippen LogP contribution in [-0.2, 0) is 9.47 Å². The van der Waals surface area contributed by atoms with Crippen molar-refractivity contribution in [3.8, 4) is 0 Å². The Labute approximate surface area is 60.0 Å². The monoisotopic (exact) mass is 144 g/mol. The number of rotatable bonds is 3. The van der Waals surface area contributed by atoms with Crippen molar-refractivity contribution in [2.45, 2.75) is 12.5 Å². The van der Waals surface area contributed by atoms with Crippen molar-refractivity contribution >= 4 is 6.02 Å². The first-order valence-electron chi connectivity index (χ1n) is 3.28. The molecule has 10 heavy (non-hydrogen) atoms. The second kappa shape index (κ2) is 3.41. The van der Waals surface area contributed by atoms with E-state index in [1.165, 1.54) is 0 Å². The number of hydrogen-bond donors (Lipinski definition) is 1. The van der Waals surface area contributed by atoms with Gasteiger partial charge in [0, 0.05) is 13.7 Å². The number of methoxy groups -OCH3 is 1. The van der Waals surface area contributed by atoms with Crippen LogP contribution in [0.25, 0.3) is 0 Å². The first kappa shape index (κ1) is 7.34. The highest BCUT2D eigenvalue weighted by Gasteiger charge is 2.15. The summed E-state index contributed by atoms with van der Waals surface area (Å²) >= 11 is 0. The summed E-state index contributed by atoms with van der Waals surface area (Å²) in [6, 6.07) is 0.515. The van der Waals surface area contributed by atoms with Crippen LogP contribution in [0.2, 0.25) is 0 Å². The Hall–Kier alpha value is -0.770.